The number of nitrogens with zero attached hydrogens (tertiary/aromatic N) is 2. The van der Waals surface area contributed by atoms with Crippen LogP contribution in [0.4, 0.5) is 5.69 Å². The number of hydrogen-bond acceptors (Lipinski definition) is 1. The summed E-state index contributed by atoms with van der Waals surface area (Å²) in [5, 5.41) is 0. The highest BCUT2D eigenvalue weighted by Gasteiger charge is 2.35. The Morgan fingerprint density at radius 3 is 2.12 bits per heavy atom. The zero-order valence-corrected chi connectivity index (χ0v) is 18.2. The lowest BCUT2D eigenvalue weighted by Gasteiger charge is -2.36. The van der Waals surface area contributed by atoms with Gasteiger partial charge in [-0.3, -0.25) is 0 Å². The van der Waals surface area contributed by atoms with Crippen molar-refractivity contribution in [2.75, 3.05) is 32.1 Å². The van der Waals surface area contributed by atoms with E-state index in [0.29, 0.717) is 6.04 Å². The van der Waals surface area contributed by atoms with E-state index in [4.69, 9.17) is 0 Å². The highest BCUT2D eigenvalue weighted by Crippen LogP contribution is 2.31. The van der Waals surface area contributed by atoms with E-state index in [9.17, 15) is 0 Å². The fourth-order valence-electron chi connectivity index (χ4n) is 4.95. The van der Waals surface area contributed by atoms with Crippen molar-refractivity contribution in [3.63, 3.8) is 0 Å². The third-order valence-corrected chi connectivity index (χ3v) is 6.52. The summed E-state index contributed by atoms with van der Waals surface area (Å²) in [6.45, 7) is 2.51. The molecule has 1 saturated heterocycles. The van der Waals surface area contributed by atoms with Gasteiger partial charge in [-0.05, 0) is 36.1 Å². The maximum Gasteiger partial charge on any atom is 0.0905 e. The number of fused-ring (bicyclic) bond motifs is 1. The third-order valence-electron chi connectivity index (χ3n) is 6.52. The lowest BCUT2D eigenvalue weighted by atomic mass is 10.1. The molecule has 4 rings (SSSR count). The summed E-state index contributed by atoms with van der Waals surface area (Å²) < 4.78 is 1.20. The number of benzene rings is 2. The Morgan fingerprint density at radius 2 is 1.54 bits per heavy atom. The summed E-state index contributed by atoms with van der Waals surface area (Å²) in [4.78, 5) is 2.69. The second kappa shape index (κ2) is 8.30. The number of quaternary nitrogens is 1. The minimum atomic E-state index is 0. The Morgan fingerprint density at radius 1 is 0.923 bits per heavy atom. The van der Waals surface area contributed by atoms with Gasteiger partial charge < -0.3 is 33.4 Å². The summed E-state index contributed by atoms with van der Waals surface area (Å²) in [7, 11) is 4.83. The normalized spacial score (nSPS) is 21.2. The van der Waals surface area contributed by atoms with E-state index in [0.717, 1.165) is 6.04 Å². The molecule has 1 unspecified atom stereocenters. The zero-order valence-electron chi connectivity index (χ0n) is 16.1. The van der Waals surface area contributed by atoms with Crippen LogP contribution in [0.5, 0.6) is 0 Å². The first-order valence-electron chi connectivity index (χ1n) is 9.85. The van der Waals surface area contributed by atoms with Crippen molar-refractivity contribution in [3.05, 3.63) is 65.7 Å². The van der Waals surface area contributed by atoms with Gasteiger partial charge >= 0.3 is 0 Å². The van der Waals surface area contributed by atoms with Crippen LogP contribution in [0.3, 0.4) is 0 Å². The zero-order chi connectivity index (χ0) is 17.3. The van der Waals surface area contributed by atoms with Crippen LogP contribution in [0.25, 0.3) is 0 Å². The van der Waals surface area contributed by atoms with Gasteiger partial charge in [-0.2, -0.15) is 0 Å². The predicted octanol–water partition coefficient (Wildman–Crippen LogP) is 1.29. The quantitative estimate of drug-likeness (QED) is 0.479. The molecule has 1 heterocycles. The number of halogens is 1. The molecule has 1 aliphatic heterocycles. The van der Waals surface area contributed by atoms with Gasteiger partial charge in [0.2, 0.25) is 0 Å². The van der Waals surface area contributed by atoms with E-state index in [1.54, 1.807) is 11.1 Å². The number of para-hydroxylation sites is 1. The van der Waals surface area contributed by atoms with Crippen LogP contribution in [0, 0.1) is 0 Å². The van der Waals surface area contributed by atoms with Crippen molar-refractivity contribution in [2.45, 2.75) is 44.2 Å². The van der Waals surface area contributed by atoms with Crippen LogP contribution in [0.1, 0.15) is 30.4 Å². The molecular formula is C23H31IN2. The van der Waals surface area contributed by atoms with Gasteiger partial charge in [-0.1, -0.05) is 42.5 Å². The Labute approximate surface area is 175 Å². The minimum Gasteiger partial charge on any atom is -1.00 e. The molecule has 2 aromatic rings. The highest BCUT2D eigenvalue weighted by molar-refractivity contribution is 5.49. The first-order valence-corrected chi connectivity index (χ1v) is 9.85. The first-order chi connectivity index (χ1) is 12.1. The van der Waals surface area contributed by atoms with Crippen molar-refractivity contribution < 1.29 is 28.5 Å². The Bertz CT molecular complexity index is 688. The van der Waals surface area contributed by atoms with Crippen molar-refractivity contribution in [1.82, 2.24) is 0 Å². The topological polar surface area (TPSA) is 3.24 Å². The van der Waals surface area contributed by atoms with Gasteiger partial charge in [0.15, 0.2) is 0 Å². The van der Waals surface area contributed by atoms with Crippen molar-refractivity contribution >= 4 is 5.69 Å². The van der Waals surface area contributed by atoms with E-state index in [1.165, 1.54) is 55.4 Å². The summed E-state index contributed by atoms with van der Waals surface area (Å²) in [5.74, 6) is 0. The molecule has 2 nitrogen and oxygen atoms in total. The van der Waals surface area contributed by atoms with E-state index in [2.05, 4.69) is 73.6 Å². The maximum atomic E-state index is 2.69. The van der Waals surface area contributed by atoms with Crippen LogP contribution in [0.15, 0.2) is 54.6 Å². The molecule has 0 bridgehead atoms. The molecule has 1 aliphatic carbocycles. The van der Waals surface area contributed by atoms with Crippen LogP contribution >= 0.6 is 0 Å². The van der Waals surface area contributed by atoms with Gasteiger partial charge in [0.05, 0.1) is 26.7 Å². The molecule has 0 N–H and O–H groups in total. The SMILES string of the molecule is C[N+]1(C)CCCC1CCN(c1ccccc1)C1Cc2ccccc2C1.[I-]. The molecule has 1 fully saturated rings. The molecule has 0 amide bonds. The summed E-state index contributed by atoms with van der Waals surface area (Å²) >= 11 is 0. The number of likely N-dealkylation sites (tertiary alicyclic amines) is 1. The molecule has 26 heavy (non-hydrogen) atoms. The number of anilines is 1. The van der Waals surface area contributed by atoms with E-state index < -0.39 is 0 Å². The summed E-state index contributed by atoms with van der Waals surface area (Å²) in [6, 6.07) is 21.5. The maximum absolute atomic E-state index is 2.69. The Kier molecular flexibility index (Phi) is 6.29. The minimum absolute atomic E-state index is 0. The third kappa shape index (κ3) is 4.09. The lowest BCUT2D eigenvalue weighted by molar-refractivity contribution is -0.902. The molecular weight excluding hydrogens is 431 g/mol. The van der Waals surface area contributed by atoms with Gasteiger partial charge in [-0.15, -0.1) is 0 Å². The van der Waals surface area contributed by atoms with Crippen LogP contribution < -0.4 is 28.9 Å². The van der Waals surface area contributed by atoms with Crippen molar-refractivity contribution in [2.24, 2.45) is 0 Å². The first kappa shape index (κ1) is 19.7. The average molecular weight is 462 g/mol. The molecule has 140 valence electrons. The number of rotatable bonds is 5. The largest absolute Gasteiger partial charge is 1.00 e. The van der Waals surface area contributed by atoms with Crippen LogP contribution in [-0.2, 0) is 12.8 Å². The number of hydrogen-bond donors (Lipinski definition) is 0. The second-order valence-corrected chi connectivity index (χ2v) is 8.45. The fraction of sp³-hybridized carbons (Fsp3) is 0.478. The average Bonchev–Trinajstić information content (AvgIpc) is 3.19. The summed E-state index contributed by atoms with van der Waals surface area (Å²) in [6.07, 6.45) is 6.45. The van der Waals surface area contributed by atoms with Gasteiger partial charge in [0.25, 0.3) is 0 Å². The molecule has 3 heteroatoms. The molecule has 2 aliphatic rings. The second-order valence-electron chi connectivity index (χ2n) is 8.45. The Hall–Kier alpha value is -1.07. The highest BCUT2D eigenvalue weighted by atomic mass is 127. The smallest absolute Gasteiger partial charge is 0.0905 e. The van der Waals surface area contributed by atoms with E-state index in [-0.39, 0.29) is 24.0 Å². The van der Waals surface area contributed by atoms with E-state index >= 15 is 0 Å². The van der Waals surface area contributed by atoms with Crippen LogP contribution in [0.2, 0.25) is 0 Å². The fourth-order valence-corrected chi connectivity index (χ4v) is 4.95. The molecule has 0 spiro atoms. The van der Waals surface area contributed by atoms with Gasteiger partial charge in [0.1, 0.15) is 0 Å². The Balaban J connectivity index is 0.00000196. The van der Waals surface area contributed by atoms with Crippen molar-refractivity contribution in [3.8, 4) is 0 Å². The predicted molar refractivity (Wildman–Crippen MR) is 106 cm³/mol. The molecule has 0 saturated carbocycles. The van der Waals surface area contributed by atoms with Gasteiger partial charge in [0, 0.05) is 37.5 Å². The standard InChI is InChI=1S/C23H31N2.HI/c1-25(2)16-8-13-23(25)14-15-24(21-11-4-3-5-12-21)22-17-19-9-6-7-10-20(19)18-22;/h3-7,9-12,22-23H,8,13-18H2,1-2H3;1H/q+1;/p-1. The van der Waals surface area contributed by atoms with Gasteiger partial charge in [-0.25, -0.2) is 0 Å². The van der Waals surface area contributed by atoms with Crippen LogP contribution in [-0.4, -0.2) is 43.8 Å². The molecule has 0 aromatic heterocycles. The summed E-state index contributed by atoms with van der Waals surface area (Å²) in [5.41, 5.74) is 4.49. The monoisotopic (exact) mass is 462 g/mol. The van der Waals surface area contributed by atoms with Crippen molar-refractivity contribution in [1.29, 1.82) is 0 Å². The van der Waals surface area contributed by atoms with E-state index in [1.807, 2.05) is 0 Å². The molecule has 1 atom stereocenters. The molecule has 0 radical (unpaired) electrons. The molecule has 2 aromatic carbocycles. The lowest BCUT2D eigenvalue weighted by Crippen LogP contribution is -3.00.